The number of hydrogen-bond donors (Lipinski definition) is 0. The van der Waals surface area contributed by atoms with Gasteiger partial charge in [0.15, 0.2) is 5.16 Å². The van der Waals surface area contributed by atoms with Crippen LogP contribution in [0.3, 0.4) is 0 Å². The first-order valence-electron chi connectivity index (χ1n) is 6.11. The minimum absolute atomic E-state index is 0.628. The van der Waals surface area contributed by atoms with Gasteiger partial charge >= 0.3 is 0 Å². The smallest absolute Gasteiger partial charge is 0.191 e. The highest BCUT2D eigenvalue weighted by Gasteiger charge is 2.29. The van der Waals surface area contributed by atoms with Crippen molar-refractivity contribution in [1.29, 1.82) is 0 Å². The fraction of sp³-hybridized carbons (Fsp3) is 0.667. The van der Waals surface area contributed by atoms with E-state index in [2.05, 4.69) is 21.3 Å². The van der Waals surface area contributed by atoms with E-state index in [9.17, 15) is 0 Å². The number of ether oxygens (including phenoxy) is 1. The predicted octanol–water partition coefficient (Wildman–Crippen LogP) is 2.47. The predicted molar refractivity (Wildman–Crippen MR) is 69.4 cm³/mol. The third kappa shape index (κ3) is 3.33. The second-order valence-electron chi connectivity index (χ2n) is 4.06. The highest BCUT2D eigenvalue weighted by molar-refractivity contribution is 7.99. The van der Waals surface area contributed by atoms with Crippen LogP contribution in [-0.4, -0.2) is 33.7 Å². The lowest BCUT2D eigenvalue weighted by Crippen LogP contribution is -2.04. The van der Waals surface area contributed by atoms with Crippen molar-refractivity contribution in [2.24, 2.45) is 0 Å². The molecule has 0 spiro atoms. The molecule has 0 N–H and O–H groups in total. The molecule has 0 aliphatic heterocycles. The molecule has 1 saturated carbocycles. The van der Waals surface area contributed by atoms with Gasteiger partial charge in [0, 0.05) is 24.8 Å². The molecule has 1 aromatic rings. The van der Waals surface area contributed by atoms with E-state index in [1.165, 1.54) is 12.8 Å². The van der Waals surface area contributed by atoms with E-state index in [4.69, 9.17) is 4.74 Å². The highest BCUT2D eigenvalue weighted by Crippen LogP contribution is 2.39. The number of hydrogen-bond acceptors (Lipinski definition) is 4. The Hall–Kier alpha value is -0.810. The molecule has 94 valence electrons. The summed E-state index contributed by atoms with van der Waals surface area (Å²) in [6.45, 7) is 8.14. The summed E-state index contributed by atoms with van der Waals surface area (Å²) in [5, 5.41) is 9.56. The Kier molecular flexibility index (Phi) is 4.62. The van der Waals surface area contributed by atoms with Crippen LogP contribution < -0.4 is 0 Å². The van der Waals surface area contributed by atoms with Gasteiger partial charge in [0.25, 0.3) is 0 Å². The summed E-state index contributed by atoms with van der Waals surface area (Å²) in [6, 6.07) is 0. The van der Waals surface area contributed by atoms with Gasteiger partial charge in [-0.2, -0.15) is 0 Å². The van der Waals surface area contributed by atoms with Crippen molar-refractivity contribution in [3.05, 3.63) is 18.5 Å². The minimum atomic E-state index is 0.628. The van der Waals surface area contributed by atoms with Crippen molar-refractivity contribution in [3.63, 3.8) is 0 Å². The lowest BCUT2D eigenvalue weighted by molar-refractivity contribution is 0.164. The Bertz CT molecular complexity index is 374. The van der Waals surface area contributed by atoms with Gasteiger partial charge in [0.05, 0.1) is 6.61 Å². The SMILES string of the molecule is C=CCn1c(SCCOCC)nnc1C1CC1. The molecule has 0 amide bonds. The molecule has 0 saturated heterocycles. The van der Waals surface area contributed by atoms with E-state index >= 15 is 0 Å². The van der Waals surface area contributed by atoms with Crippen molar-refractivity contribution < 1.29 is 4.74 Å². The van der Waals surface area contributed by atoms with E-state index in [1.54, 1.807) is 11.8 Å². The molecule has 0 atom stereocenters. The van der Waals surface area contributed by atoms with Crippen molar-refractivity contribution in [2.75, 3.05) is 19.0 Å². The second-order valence-corrected chi connectivity index (χ2v) is 5.12. The molecule has 0 radical (unpaired) electrons. The molecule has 1 aromatic heterocycles. The van der Waals surface area contributed by atoms with Crippen LogP contribution in [0, 0.1) is 0 Å². The zero-order valence-corrected chi connectivity index (χ0v) is 11.1. The van der Waals surface area contributed by atoms with Crippen LogP contribution in [0.1, 0.15) is 31.5 Å². The molecule has 17 heavy (non-hydrogen) atoms. The lowest BCUT2D eigenvalue weighted by atomic mass is 10.4. The Balaban J connectivity index is 1.97. The van der Waals surface area contributed by atoms with Crippen LogP contribution >= 0.6 is 11.8 Å². The van der Waals surface area contributed by atoms with E-state index in [0.717, 1.165) is 36.5 Å². The summed E-state index contributed by atoms with van der Waals surface area (Å²) in [5.41, 5.74) is 0. The average molecular weight is 253 g/mol. The Morgan fingerprint density at radius 3 is 3.00 bits per heavy atom. The molecular formula is C12H19N3OS. The molecule has 0 bridgehead atoms. The van der Waals surface area contributed by atoms with Gasteiger partial charge < -0.3 is 9.30 Å². The van der Waals surface area contributed by atoms with E-state index in [0.29, 0.717) is 5.92 Å². The Labute approximate surface area is 106 Å². The zero-order chi connectivity index (χ0) is 12.1. The molecule has 4 nitrogen and oxygen atoms in total. The molecule has 2 rings (SSSR count). The summed E-state index contributed by atoms with van der Waals surface area (Å²) in [5.74, 6) is 2.68. The molecule has 5 heteroatoms. The van der Waals surface area contributed by atoms with Gasteiger partial charge in [0.1, 0.15) is 5.82 Å². The normalized spacial score (nSPS) is 15.1. The molecule has 1 aliphatic rings. The first kappa shape index (κ1) is 12.6. The Morgan fingerprint density at radius 1 is 1.53 bits per heavy atom. The van der Waals surface area contributed by atoms with Gasteiger partial charge in [-0.05, 0) is 19.8 Å². The topological polar surface area (TPSA) is 39.9 Å². The standard InChI is InChI=1S/C12H19N3OS/c1-3-7-15-11(10-5-6-10)13-14-12(15)17-9-8-16-4-2/h3,10H,1,4-9H2,2H3. The third-order valence-corrected chi connectivity index (χ3v) is 3.59. The molecule has 1 aliphatic carbocycles. The maximum Gasteiger partial charge on any atom is 0.191 e. The second kappa shape index (κ2) is 6.21. The van der Waals surface area contributed by atoms with Crippen LogP contribution in [0.4, 0.5) is 0 Å². The van der Waals surface area contributed by atoms with Crippen LogP contribution in [-0.2, 0) is 11.3 Å². The minimum Gasteiger partial charge on any atom is -0.381 e. The number of rotatable bonds is 8. The lowest BCUT2D eigenvalue weighted by Gasteiger charge is -2.06. The first-order chi connectivity index (χ1) is 8.36. The number of nitrogens with zero attached hydrogens (tertiary/aromatic N) is 3. The summed E-state index contributed by atoms with van der Waals surface area (Å²) in [6.07, 6.45) is 4.40. The highest BCUT2D eigenvalue weighted by atomic mass is 32.2. The third-order valence-electron chi connectivity index (χ3n) is 2.66. The molecule has 1 heterocycles. The molecule has 1 fully saturated rings. The van der Waals surface area contributed by atoms with Crippen molar-refractivity contribution in [3.8, 4) is 0 Å². The largest absolute Gasteiger partial charge is 0.381 e. The first-order valence-corrected chi connectivity index (χ1v) is 7.10. The summed E-state index contributed by atoms with van der Waals surface area (Å²) in [4.78, 5) is 0. The summed E-state index contributed by atoms with van der Waals surface area (Å²) < 4.78 is 7.51. The van der Waals surface area contributed by atoms with Crippen LogP contribution in [0.5, 0.6) is 0 Å². The van der Waals surface area contributed by atoms with Crippen molar-refractivity contribution in [2.45, 2.75) is 37.4 Å². The maximum atomic E-state index is 5.32. The zero-order valence-electron chi connectivity index (χ0n) is 10.3. The molecular weight excluding hydrogens is 234 g/mol. The fourth-order valence-electron chi connectivity index (χ4n) is 1.69. The van der Waals surface area contributed by atoms with E-state index in [-0.39, 0.29) is 0 Å². The van der Waals surface area contributed by atoms with Crippen LogP contribution in [0.15, 0.2) is 17.8 Å². The van der Waals surface area contributed by atoms with Gasteiger partial charge in [-0.3, -0.25) is 0 Å². The number of aromatic nitrogens is 3. The van der Waals surface area contributed by atoms with Gasteiger partial charge in [0.2, 0.25) is 0 Å². The molecule has 0 unspecified atom stereocenters. The van der Waals surface area contributed by atoms with Crippen molar-refractivity contribution in [1.82, 2.24) is 14.8 Å². The monoisotopic (exact) mass is 253 g/mol. The number of allylic oxidation sites excluding steroid dienone is 1. The molecule has 0 aromatic carbocycles. The quantitative estimate of drug-likeness (QED) is 0.405. The van der Waals surface area contributed by atoms with Crippen LogP contribution in [0.25, 0.3) is 0 Å². The summed E-state index contributed by atoms with van der Waals surface area (Å²) in [7, 11) is 0. The van der Waals surface area contributed by atoms with E-state index < -0.39 is 0 Å². The summed E-state index contributed by atoms with van der Waals surface area (Å²) >= 11 is 1.71. The van der Waals surface area contributed by atoms with Gasteiger partial charge in [-0.1, -0.05) is 17.8 Å². The van der Waals surface area contributed by atoms with Crippen LogP contribution in [0.2, 0.25) is 0 Å². The fourth-order valence-corrected chi connectivity index (χ4v) is 2.49. The van der Waals surface area contributed by atoms with Gasteiger partial charge in [-0.15, -0.1) is 16.8 Å². The number of thioether (sulfide) groups is 1. The van der Waals surface area contributed by atoms with E-state index in [1.807, 2.05) is 13.0 Å². The van der Waals surface area contributed by atoms with Gasteiger partial charge in [-0.25, -0.2) is 0 Å². The average Bonchev–Trinajstić information content (AvgIpc) is 3.10. The van der Waals surface area contributed by atoms with Crippen molar-refractivity contribution >= 4 is 11.8 Å². The maximum absolute atomic E-state index is 5.32. The Morgan fingerprint density at radius 2 is 2.35 bits per heavy atom.